The molecular formula is C19H28O3. The van der Waals surface area contributed by atoms with Crippen LogP contribution in [0.1, 0.15) is 68.8 Å². The van der Waals surface area contributed by atoms with Crippen molar-refractivity contribution in [3.63, 3.8) is 0 Å². The average molecular weight is 304 g/mol. The number of carbonyl (C=O) groups is 1. The maximum Gasteiger partial charge on any atom is 0.373 e. The van der Waals surface area contributed by atoms with Crippen LogP contribution < -0.4 is 0 Å². The van der Waals surface area contributed by atoms with Crippen LogP contribution >= 0.6 is 0 Å². The van der Waals surface area contributed by atoms with Gasteiger partial charge in [0.15, 0.2) is 0 Å². The van der Waals surface area contributed by atoms with Gasteiger partial charge >= 0.3 is 5.97 Å². The van der Waals surface area contributed by atoms with Gasteiger partial charge < -0.3 is 0 Å². The minimum atomic E-state index is -0.396. The van der Waals surface area contributed by atoms with Gasteiger partial charge in [-0.05, 0) is 55.2 Å². The summed E-state index contributed by atoms with van der Waals surface area (Å²) in [7, 11) is 0. The zero-order valence-corrected chi connectivity index (χ0v) is 14.0. The number of benzene rings is 1. The number of unbranched alkanes of at least 4 members (excludes halogenated alkanes) is 1. The van der Waals surface area contributed by atoms with Gasteiger partial charge in [0.05, 0.1) is 5.56 Å². The lowest BCUT2D eigenvalue weighted by Gasteiger charge is -2.32. The smallest absolute Gasteiger partial charge is 0.293 e. The summed E-state index contributed by atoms with van der Waals surface area (Å²) in [6.45, 7) is 6.50. The number of hydrogen-bond acceptors (Lipinski definition) is 3. The van der Waals surface area contributed by atoms with Crippen LogP contribution in [0.2, 0.25) is 0 Å². The predicted molar refractivity (Wildman–Crippen MR) is 87.5 cm³/mol. The van der Waals surface area contributed by atoms with E-state index in [0.29, 0.717) is 17.4 Å². The Kier molecular flexibility index (Phi) is 6.44. The Morgan fingerprint density at radius 3 is 2.36 bits per heavy atom. The largest absolute Gasteiger partial charge is 0.373 e. The molecule has 0 saturated heterocycles. The number of rotatable bonds is 6. The van der Waals surface area contributed by atoms with Crippen LogP contribution in [0.3, 0.4) is 0 Å². The average Bonchev–Trinajstić information content (AvgIpc) is 2.52. The molecule has 1 aromatic rings. The zero-order chi connectivity index (χ0) is 15.9. The molecule has 2 rings (SSSR count). The molecule has 1 aliphatic carbocycles. The van der Waals surface area contributed by atoms with E-state index >= 15 is 0 Å². The van der Waals surface area contributed by atoms with Crippen molar-refractivity contribution in [3.05, 3.63) is 35.4 Å². The molecule has 0 aliphatic heterocycles. The van der Waals surface area contributed by atoms with E-state index in [1.165, 1.54) is 24.8 Å². The lowest BCUT2D eigenvalue weighted by atomic mass is 9.81. The monoisotopic (exact) mass is 304 g/mol. The Labute approximate surface area is 133 Å². The van der Waals surface area contributed by atoms with E-state index in [4.69, 9.17) is 9.78 Å². The summed E-state index contributed by atoms with van der Waals surface area (Å²) >= 11 is 0. The molecular weight excluding hydrogens is 276 g/mol. The first-order valence-corrected chi connectivity index (χ1v) is 8.58. The van der Waals surface area contributed by atoms with E-state index in [0.717, 1.165) is 19.3 Å². The van der Waals surface area contributed by atoms with E-state index in [9.17, 15) is 4.79 Å². The second kappa shape index (κ2) is 8.33. The number of hydrogen-bond donors (Lipinski definition) is 0. The van der Waals surface area contributed by atoms with Crippen LogP contribution in [0.25, 0.3) is 0 Å². The highest BCUT2D eigenvalue weighted by molar-refractivity contribution is 5.88. The summed E-state index contributed by atoms with van der Waals surface area (Å²) in [6.07, 6.45) is 6.92. The predicted octanol–water partition coefficient (Wildman–Crippen LogP) is 4.94. The van der Waals surface area contributed by atoms with Gasteiger partial charge in [0, 0.05) is 0 Å². The molecule has 3 heteroatoms. The third-order valence-corrected chi connectivity index (χ3v) is 4.68. The summed E-state index contributed by atoms with van der Waals surface area (Å²) in [5.41, 5.74) is 1.81. The molecule has 0 heterocycles. The van der Waals surface area contributed by atoms with Gasteiger partial charge in [-0.1, -0.05) is 45.7 Å². The fraction of sp³-hybridized carbons (Fsp3) is 0.632. The lowest BCUT2D eigenvalue weighted by Crippen LogP contribution is -2.33. The Morgan fingerprint density at radius 2 is 1.77 bits per heavy atom. The minimum absolute atomic E-state index is 0.0153. The van der Waals surface area contributed by atoms with E-state index in [1.807, 2.05) is 24.3 Å². The summed E-state index contributed by atoms with van der Waals surface area (Å²) in [6, 6.07) is 7.64. The zero-order valence-electron chi connectivity index (χ0n) is 14.0. The van der Waals surface area contributed by atoms with Gasteiger partial charge in [-0.3, -0.25) is 4.89 Å². The second-order valence-electron chi connectivity index (χ2n) is 6.62. The van der Waals surface area contributed by atoms with Crippen LogP contribution in [0.4, 0.5) is 0 Å². The number of aryl methyl sites for hydroxylation is 1. The van der Waals surface area contributed by atoms with Crippen molar-refractivity contribution in [3.8, 4) is 0 Å². The van der Waals surface area contributed by atoms with Gasteiger partial charge in [-0.15, -0.1) is 0 Å². The molecule has 0 bridgehead atoms. The molecule has 0 amide bonds. The van der Waals surface area contributed by atoms with Crippen LogP contribution in [0.15, 0.2) is 24.3 Å². The van der Waals surface area contributed by atoms with Crippen LogP contribution in [-0.2, 0) is 16.2 Å². The van der Waals surface area contributed by atoms with E-state index in [1.54, 1.807) is 0 Å². The summed E-state index contributed by atoms with van der Waals surface area (Å²) in [5.74, 6) is 0.480. The molecule has 22 heavy (non-hydrogen) atoms. The van der Waals surface area contributed by atoms with Crippen LogP contribution in [0, 0.1) is 11.8 Å². The Hall–Kier alpha value is -1.35. The number of carbonyl (C=O) groups excluding carboxylic acids is 1. The van der Waals surface area contributed by atoms with E-state index in [-0.39, 0.29) is 6.10 Å². The SMILES string of the molecule is CCCCc1ccc(C(=O)OOC2C(C)CCCC2C)cc1. The van der Waals surface area contributed by atoms with E-state index < -0.39 is 5.97 Å². The fourth-order valence-electron chi connectivity index (χ4n) is 3.18. The van der Waals surface area contributed by atoms with E-state index in [2.05, 4.69) is 20.8 Å². The molecule has 0 spiro atoms. The Morgan fingerprint density at radius 1 is 1.14 bits per heavy atom. The van der Waals surface area contributed by atoms with Crippen molar-refractivity contribution in [1.82, 2.24) is 0 Å². The summed E-state index contributed by atoms with van der Waals surface area (Å²) in [4.78, 5) is 22.6. The topological polar surface area (TPSA) is 35.5 Å². The maximum absolute atomic E-state index is 12.1. The molecule has 0 N–H and O–H groups in total. The lowest BCUT2D eigenvalue weighted by molar-refractivity contribution is -0.299. The first-order chi connectivity index (χ1) is 10.6. The first-order valence-electron chi connectivity index (χ1n) is 8.58. The van der Waals surface area contributed by atoms with Gasteiger partial charge in [0.2, 0.25) is 0 Å². The molecule has 122 valence electrons. The van der Waals surface area contributed by atoms with Crippen LogP contribution in [-0.4, -0.2) is 12.1 Å². The highest BCUT2D eigenvalue weighted by atomic mass is 17.2. The first kappa shape index (κ1) is 17.0. The van der Waals surface area contributed by atoms with Crippen molar-refractivity contribution >= 4 is 5.97 Å². The maximum atomic E-state index is 12.1. The van der Waals surface area contributed by atoms with Gasteiger partial charge in [-0.25, -0.2) is 4.79 Å². The molecule has 0 aromatic heterocycles. The second-order valence-corrected chi connectivity index (χ2v) is 6.62. The highest BCUT2D eigenvalue weighted by Gasteiger charge is 2.30. The van der Waals surface area contributed by atoms with Gasteiger partial charge in [0.1, 0.15) is 6.10 Å². The Balaban J connectivity index is 1.86. The minimum Gasteiger partial charge on any atom is -0.293 e. The molecule has 1 fully saturated rings. The molecule has 1 aromatic carbocycles. The van der Waals surface area contributed by atoms with Crippen molar-refractivity contribution in [2.45, 2.75) is 65.4 Å². The Bertz CT molecular complexity index is 456. The summed E-state index contributed by atoms with van der Waals surface area (Å²) in [5, 5.41) is 0. The van der Waals surface area contributed by atoms with Crippen molar-refractivity contribution < 1.29 is 14.6 Å². The van der Waals surface area contributed by atoms with Crippen LogP contribution in [0.5, 0.6) is 0 Å². The standard InChI is InChI=1S/C19H28O3/c1-4-5-9-16-10-12-17(13-11-16)19(20)22-21-18-14(2)7-6-8-15(18)3/h10-15,18H,4-9H2,1-3H3. The quantitative estimate of drug-likeness (QED) is 0.551. The molecule has 2 atom stereocenters. The molecule has 2 unspecified atom stereocenters. The van der Waals surface area contributed by atoms with Crippen molar-refractivity contribution in [2.75, 3.05) is 0 Å². The fourth-order valence-corrected chi connectivity index (χ4v) is 3.18. The normalized spacial score (nSPS) is 25.0. The third-order valence-electron chi connectivity index (χ3n) is 4.68. The molecule has 1 saturated carbocycles. The molecule has 1 aliphatic rings. The van der Waals surface area contributed by atoms with Crippen molar-refractivity contribution in [1.29, 1.82) is 0 Å². The molecule has 0 radical (unpaired) electrons. The summed E-state index contributed by atoms with van der Waals surface area (Å²) < 4.78 is 0. The van der Waals surface area contributed by atoms with Gasteiger partial charge in [-0.2, -0.15) is 4.89 Å². The van der Waals surface area contributed by atoms with Gasteiger partial charge in [0.25, 0.3) is 0 Å². The molecule has 3 nitrogen and oxygen atoms in total. The van der Waals surface area contributed by atoms with Crippen molar-refractivity contribution in [2.24, 2.45) is 11.8 Å². The third kappa shape index (κ3) is 4.57. The highest BCUT2D eigenvalue weighted by Crippen LogP contribution is 2.31.